The zero-order chi connectivity index (χ0) is 13.2. The molecule has 0 aromatic heterocycles. The minimum Gasteiger partial charge on any atom is -0.490 e. The number of rotatable bonds is 4. The van der Waals surface area contributed by atoms with Crippen molar-refractivity contribution in [2.24, 2.45) is 5.73 Å². The molecule has 94 valence electrons. The molecule has 2 N–H and O–H groups in total. The SMILES string of the molecule is COc1cc(C)c(C(N)OC)c(F)c1[N+](=O)[O-]. The normalized spacial score (nSPS) is 12.3. The number of nitrogens with two attached hydrogens (primary N) is 1. The van der Waals surface area contributed by atoms with E-state index in [0.29, 0.717) is 5.56 Å². The van der Waals surface area contributed by atoms with Gasteiger partial charge in [0, 0.05) is 12.7 Å². The fourth-order valence-corrected chi connectivity index (χ4v) is 1.54. The van der Waals surface area contributed by atoms with E-state index in [0.717, 1.165) is 0 Å². The van der Waals surface area contributed by atoms with Gasteiger partial charge in [0.25, 0.3) is 0 Å². The van der Waals surface area contributed by atoms with Crippen LogP contribution < -0.4 is 10.5 Å². The summed E-state index contributed by atoms with van der Waals surface area (Å²) >= 11 is 0. The van der Waals surface area contributed by atoms with Gasteiger partial charge in [-0.2, -0.15) is 4.39 Å². The monoisotopic (exact) mass is 244 g/mol. The lowest BCUT2D eigenvalue weighted by molar-refractivity contribution is -0.388. The van der Waals surface area contributed by atoms with E-state index in [2.05, 4.69) is 0 Å². The van der Waals surface area contributed by atoms with Crippen LogP contribution in [0.15, 0.2) is 6.07 Å². The lowest BCUT2D eigenvalue weighted by Gasteiger charge is -2.15. The van der Waals surface area contributed by atoms with Gasteiger partial charge in [-0.15, -0.1) is 0 Å². The summed E-state index contributed by atoms with van der Waals surface area (Å²) in [6, 6.07) is 1.36. The van der Waals surface area contributed by atoms with E-state index in [9.17, 15) is 14.5 Å². The summed E-state index contributed by atoms with van der Waals surface area (Å²) < 4.78 is 23.5. The smallest absolute Gasteiger partial charge is 0.346 e. The van der Waals surface area contributed by atoms with Gasteiger partial charge < -0.3 is 15.2 Å². The second-order valence-electron chi connectivity index (χ2n) is 3.39. The van der Waals surface area contributed by atoms with Crippen LogP contribution in [0.5, 0.6) is 5.75 Å². The molecule has 1 aromatic rings. The van der Waals surface area contributed by atoms with Crippen LogP contribution in [0.4, 0.5) is 10.1 Å². The summed E-state index contributed by atoms with van der Waals surface area (Å²) in [6.45, 7) is 1.57. The summed E-state index contributed by atoms with van der Waals surface area (Å²) in [6.07, 6.45) is -1.06. The van der Waals surface area contributed by atoms with Crippen molar-refractivity contribution in [2.75, 3.05) is 14.2 Å². The van der Waals surface area contributed by atoms with Crippen molar-refractivity contribution < 1.29 is 18.8 Å². The second-order valence-corrected chi connectivity index (χ2v) is 3.39. The largest absolute Gasteiger partial charge is 0.490 e. The average Bonchev–Trinajstić information content (AvgIpc) is 2.26. The highest BCUT2D eigenvalue weighted by molar-refractivity contribution is 5.54. The molecule has 17 heavy (non-hydrogen) atoms. The van der Waals surface area contributed by atoms with E-state index in [1.807, 2.05) is 0 Å². The van der Waals surface area contributed by atoms with Crippen LogP contribution in [0.3, 0.4) is 0 Å². The highest BCUT2D eigenvalue weighted by atomic mass is 19.1. The van der Waals surface area contributed by atoms with Gasteiger partial charge in [-0.1, -0.05) is 0 Å². The van der Waals surface area contributed by atoms with Gasteiger partial charge in [-0.05, 0) is 18.6 Å². The first-order chi connectivity index (χ1) is 7.93. The minimum atomic E-state index is -1.06. The summed E-state index contributed by atoms with van der Waals surface area (Å²) in [5.74, 6) is -1.17. The third kappa shape index (κ3) is 2.34. The molecule has 1 aromatic carbocycles. The maximum Gasteiger partial charge on any atom is 0.346 e. The molecule has 1 atom stereocenters. The maximum absolute atomic E-state index is 14.0. The Hall–Kier alpha value is -1.73. The molecule has 0 saturated carbocycles. The lowest BCUT2D eigenvalue weighted by Crippen LogP contribution is -2.17. The highest BCUT2D eigenvalue weighted by Crippen LogP contribution is 2.36. The van der Waals surface area contributed by atoms with Gasteiger partial charge in [0.2, 0.25) is 5.82 Å². The molecule has 0 fully saturated rings. The number of nitrogens with zero attached hydrogens (tertiary/aromatic N) is 1. The van der Waals surface area contributed by atoms with E-state index < -0.39 is 22.7 Å². The van der Waals surface area contributed by atoms with Gasteiger partial charge in [-0.25, -0.2) is 0 Å². The summed E-state index contributed by atoms with van der Waals surface area (Å²) in [5, 5.41) is 10.8. The van der Waals surface area contributed by atoms with Crippen molar-refractivity contribution in [3.8, 4) is 5.75 Å². The van der Waals surface area contributed by atoms with Crippen LogP contribution in [0.2, 0.25) is 0 Å². The van der Waals surface area contributed by atoms with Crippen molar-refractivity contribution in [3.63, 3.8) is 0 Å². The van der Waals surface area contributed by atoms with Gasteiger partial charge in [-0.3, -0.25) is 10.1 Å². The molecule has 0 bridgehead atoms. The average molecular weight is 244 g/mol. The number of halogens is 1. The molecule has 0 spiro atoms. The fraction of sp³-hybridized carbons (Fsp3) is 0.400. The molecular formula is C10H13FN2O4. The van der Waals surface area contributed by atoms with Crippen molar-refractivity contribution in [2.45, 2.75) is 13.2 Å². The number of aryl methyl sites for hydroxylation is 1. The van der Waals surface area contributed by atoms with Crippen LogP contribution in [0, 0.1) is 22.9 Å². The summed E-state index contributed by atoms with van der Waals surface area (Å²) in [5.41, 5.74) is 5.18. The molecular weight excluding hydrogens is 231 g/mol. The Balaban J connectivity index is 3.54. The third-order valence-corrected chi connectivity index (χ3v) is 2.39. The van der Waals surface area contributed by atoms with Gasteiger partial charge >= 0.3 is 5.69 Å². The standard InChI is InChI=1S/C10H13FN2O4/c1-5-4-6(16-2)9(13(14)15)8(11)7(5)10(12)17-3/h4,10H,12H2,1-3H3. The predicted molar refractivity (Wildman–Crippen MR) is 58.3 cm³/mol. The number of nitro benzene ring substituents is 1. The highest BCUT2D eigenvalue weighted by Gasteiger charge is 2.28. The molecule has 0 heterocycles. The first-order valence-electron chi connectivity index (χ1n) is 4.73. The minimum absolute atomic E-state index is 0.0417. The van der Waals surface area contributed by atoms with E-state index in [1.165, 1.54) is 20.3 Å². The molecule has 0 aliphatic carbocycles. The fourth-order valence-electron chi connectivity index (χ4n) is 1.54. The lowest BCUT2D eigenvalue weighted by atomic mass is 10.0. The first kappa shape index (κ1) is 13.3. The molecule has 6 nitrogen and oxygen atoms in total. The topological polar surface area (TPSA) is 87.6 Å². The van der Waals surface area contributed by atoms with E-state index in [1.54, 1.807) is 6.92 Å². The number of hydrogen-bond donors (Lipinski definition) is 1. The quantitative estimate of drug-likeness (QED) is 0.494. The molecule has 0 saturated heterocycles. The maximum atomic E-state index is 14.0. The summed E-state index contributed by atoms with van der Waals surface area (Å²) in [7, 11) is 2.52. The Bertz CT molecular complexity index is 450. The molecule has 0 amide bonds. The van der Waals surface area contributed by atoms with E-state index >= 15 is 0 Å². The van der Waals surface area contributed by atoms with E-state index in [4.69, 9.17) is 15.2 Å². The van der Waals surface area contributed by atoms with Crippen LogP contribution >= 0.6 is 0 Å². The van der Waals surface area contributed by atoms with Crippen LogP contribution in [-0.4, -0.2) is 19.1 Å². The molecule has 0 aliphatic heterocycles. The van der Waals surface area contributed by atoms with Gasteiger partial charge in [0.05, 0.1) is 12.0 Å². The van der Waals surface area contributed by atoms with Crippen LogP contribution in [-0.2, 0) is 4.74 Å². The van der Waals surface area contributed by atoms with Crippen LogP contribution in [0.1, 0.15) is 17.4 Å². The van der Waals surface area contributed by atoms with Crippen LogP contribution in [0.25, 0.3) is 0 Å². The Labute approximate surface area is 97.3 Å². The van der Waals surface area contributed by atoms with Crippen molar-refractivity contribution in [1.82, 2.24) is 0 Å². The van der Waals surface area contributed by atoms with Crippen molar-refractivity contribution in [1.29, 1.82) is 0 Å². The Morgan fingerprint density at radius 3 is 2.53 bits per heavy atom. The third-order valence-electron chi connectivity index (χ3n) is 2.39. The number of hydrogen-bond acceptors (Lipinski definition) is 5. The Kier molecular flexibility index (Phi) is 3.97. The Morgan fingerprint density at radius 2 is 2.12 bits per heavy atom. The zero-order valence-electron chi connectivity index (χ0n) is 9.69. The van der Waals surface area contributed by atoms with Crippen molar-refractivity contribution >= 4 is 5.69 Å². The molecule has 0 aliphatic rings. The van der Waals surface area contributed by atoms with Gasteiger partial charge in [0.1, 0.15) is 6.23 Å². The molecule has 0 radical (unpaired) electrons. The molecule has 1 unspecified atom stereocenters. The van der Waals surface area contributed by atoms with E-state index in [-0.39, 0.29) is 11.3 Å². The van der Waals surface area contributed by atoms with Gasteiger partial charge in [0.15, 0.2) is 5.75 Å². The van der Waals surface area contributed by atoms with Crippen molar-refractivity contribution in [3.05, 3.63) is 33.1 Å². The second kappa shape index (κ2) is 5.07. The zero-order valence-corrected chi connectivity index (χ0v) is 9.69. The molecule has 7 heteroatoms. The number of benzene rings is 1. The number of nitro groups is 1. The first-order valence-corrected chi connectivity index (χ1v) is 4.73. The molecule has 1 rings (SSSR count). The predicted octanol–water partition coefficient (Wildman–Crippen LogP) is 1.65. The number of methoxy groups -OCH3 is 2. The summed E-state index contributed by atoms with van der Waals surface area (Å²) in [4.78, 5) is 9.93. The number of ether oxygens (including phenoxy) is 2. The Morgan fingerprint density at radius 1 is 1.53 bits per heavy atom.